The van der Waals surface area contributed by atoms with E-state index >= 15 is 0 Å². The smallest absolute Gasteiger partial charge is 0.157 e. The summed E-state index contributed by atoms with van der Waals surface area (Å²) in [6, 6.07) is 0. The zero-order valence-corrected chi connectivity index (χ0v) is 25.6. The van der Waals surface area contributed by atoms with Crippen LogP contribution in [0.3, 0.4) is 0 Å². The monoisotopic (exact) mass is 534 g/mol. The molecule has 5 aliphatic carbocycles. The van der Waals surface area contributed by atoms with Crippen LogP contribution in [0.5, 0.6) is 0 Å². The number of aliphatic hydroxyl groups is 4. The normalized spacial score (nSPS) is 58.7. The molecule has 220 valence electrons. The van der Waals surface area contributed by atoms with Gasteiger partial charge in [-0.1, -0.05) is 68.2 Å². The number of fused-ring (bicyclic) bond motifs is 3. The standard InChI is InChI=1S/C33H58O5/c1-16-13-14-23-19(4)32(8)26(27(35)25(23)18(16)3)20(5)33(9)28(36)24(21(6)34)17(2)15-31(33,7)30(32)38-29(37)22-11-10-12-22/h16-30,34-37H,10-15H2,1-9H3. The third-order valence-electron chi connectivity index (χ3n) is 14.7. The lowest BCUT2D eigenvalue weighted by molar-refractivity contribution is -0.363. The highest BCUT2D eigenvalue weighted by molar-refractivity contribution is 5.23. The van der Waals surface area contributed by atoms with Crippen molar-refractivity contribution in [1.82, 2.24) is 0 Å². The Morgan fingerprint density at radius 2 is 1.47 bits per heavy atom. The molecule has 17 atom stereocenters. The van der Waals surface area contributed by atoms with Crippen LogP contribution in [0.15, 0.2) is 0 Å². The van der Waals surface area contributed by atoms with E-state index < -0.39 is 35.4 Å². The van der Waals surface area contributed by atoms with E-state index in [-0.39, 0.29) is 47.0 Å². The molecule has 0 aliphatic heterocycles. The first-order valence-electron chi connectivity index (χ1n) is 16.0. The number of hydrogen-bond acceptors (Lipinski definition) is 5. The second-order valence-electron chi connectivity index (χ2n) is 15.9. The Labute approximate surface area is 232 Å². The molecule has 5 rings (SSSR count). The molecule has 0 amide bonds. The highest BCUT2D eigenvalue weighted by atomic mass is 16.6. The van der Waals surface area contributed by atoms with E-state index in [0.717, 1.165) is 32.1 Å². The summed E-state index contributed by atoms with van der Waals surface area (Å²) in [5.74, 6) is 2.10. The fourth-order valence-electron chi connectivity index (χ4n) is 11.8. The molecule has 17 unspecified atom stereocenters. The van der Waals surface area contributed by atoms with Gasteiger partial charge in [-0.2, -0.15) is 0 Å². The van der Waals surface area contributed by atoms with Crippen LogP contribution in [0, 0.1) is 75.4 Å². The van der Waals surface area contributed by atoms with E-state index in [2.05, 4.69) is 55.4 Å². The second kappa shape index (κ2) is 9.68. The molecule has 0 radical (unpaired) electrons. The summed E-state index contributed by atoms with van der Waals surface area (Å²) in [5.41, 5.74) is -1.33. The van der Waals surface area contributed by atoms with Crippen molar-refractivity contribution in [3.8, 4) is 0 Å². The van der Waals surface area contributed by atoms with E-state index in [1.807, 2.05) is 6.92 Å². The largest absolute Gasteiger partial charge is 0.393 e. The van der Waals surface area contributed by atoms with Crippen LogP contribution in [-0.4, -0.2) is 51.1 Å². The van der Waals surface area contributed by atoms with Crippen LogP contribution in [0.25, 0.3) is 0 Å². The molecule has 38 heavy (non-hydrogen) atoms. The van der Waals surface area contributed by atoms with Crippen molar-refractivity contribution in [2.24, 2.45) is 75.4 Å². The first kappa shape index (κ1) is 29.3. The third kappa shape index (κ3) is 3.66. The van der Waals surface area contributed by atoms with E-state index in [0.29, 0.717) is 23.7 Å². The summed E-state index contributed by atoms with van der Waals surface area (Å²) in [7, 11) is 0. The lowest BCUT2D eigenvalue weighted by Crippen LogP contribution is -2.77. The molecular formula is C33H58O5. The van der Waals surface area contributed by atoms with Crippen LogP contribution >= 0.6 is 0 Å². The van der Waals surface area contributed by atoms with Crippen molar-refractivity contribution in [3.63, 3.8) is 0 Å². The van der Waals surface area contributed by atoms with E-state index in [9.17, 15) is 20.4 Å². The Hall–Kier alpha value is -0.200. The van der Waals surface area contributed by atoms with Crippen LogP contribution in [0.1, 0.15) is 101 Å². The molecule has 0 spiro atoms. The van der Waals surface area contributed by atoms with Gasteiger partial charge in [0.15, 0.2) is 6.29 Å². The zero-order valence-electron chi connectivity index (χ0n) is 25.6. The van der Waals surface area contributed by atoms with Gasteiger partial charge in [0.25, 0.3) is 0 Å². The molecule has 4 N–H and O–H groups in total. The minimum absolute atomic E-state index is 0.0322. The number of aliphatic hydroxyl groups excluding tert-OH is 4. The van der Waals surface area contributed by atoms with E-state index in [1.165, 1.54) is 6.42 Å². The van der Waals surface area contributed by atoms with Crippen molar-refractivity contribution in [3.05, 3.63) is 0 Å². The lowest BCUT2D eigenvalue weighted by atomic mass is 9.31. The minimum atomic E-state index is -0.810. The van der Waals surface area contributed by atoms with Crippen molar-refractivity contribution in [1.29, 1.82) is 0 Å². The van der Waals surface area contributed by atoms with Crippen LogP contribution in [-0.2, 0) is 4.74 Å². The fourth-order valence-corrected chi connectivity index (χ4v) is 11.8. The predicted molar refractivity (Wildman–Crippen MR) is 150 cm³/mol. The molecule has 0 saturated heterocycles. The number of rotatable bonds is 4. The molecule has 0 heterocycles. The van der Waals surface area contributed by atoms with Crippen molar-refractivity contribution in [2.45, 2.75) is 132 Å². The Morgan fingerprint density at radius 1 is 0.842 bits per heavy atom. The maximum absolute atomic E-state index is 12.4. The highest BCUT2D eigenvalue weighted by Crippen LogP contribution is 2.74. The summed E-state index contributed by atoms with van der Waals surface area (Å²) in [5, 5.41) is 46.9. The van der Waals surface area contributed by atoms with Gasteiger partial charge in [0.1, 0.15) is 0 Å². The Balaban J connectivity index is 1.67. The third-order valence-corrected chi connectivity index (χ3v) is 14.7. The molecule has 5 aliphatic rings. The van der Waals surface area contributed by atoms with Gasteiger partial charge in [-0.25, -0.2) is 0 Å². The molecular weight excluding hydrogens is 476 g/mol. The van der Waals surface area contributed by atoms with Gasteiger partial charge in [0.2, 0.25) is 0 Å². The summed E-state index contributed by atoms with van der Waals surface area (Å²) in [4.78, 5) is 0. The van der Waals surface area contributed by atoms with Gasteiger partial charge in [0, 0.05) is 28.1 Å². The van der Waals surface area contributed by atoms with Gasteiger partial charge >= 0.3 is 0 Å². The zero-order chi connectivity index (χ0) is 28.1. The maximum Gasteiger partial charge on any atom is 0.157 e. The number of hydrogen-bond donors (Lipinski definition) is 4. The minimum Gasteiger partial charge on any atom is -0.393 e. The molecule has 0 aromatic rings. The Morgan fingerprint density at radius 3 is 2.03 bits per heavy atom. The van der Waals surface area contributed by atoms with Gasteiger partial charge in [-0.05, 0) is 80.0 Å². The van der Waals surface area contributed by atoms with Crippen LogP contribution in [0.2, 0.25) is 0 Å². The molecule has 5 fully saturated rings. The van der Waals surface area contributed by atoms with Gasteiger partial charge < -0.3 is 25.2 Å². The molecule has 5 heteroatoms. The highest BCUT2D eigenvalue weighted by Gasteiger charge is 2.76. The summed E-state index contributed by atoms with van der Waals surface area (Å²) in [6.45, 7) is 20.2. The van der Waals surface area contributed by atoms with Gasteiger partial charge in [0.05, 0.1) is 24.4 Å². The van der Waals surface area contributed by atoms with Crippen LogP contribution in [0.4, 0.5) is 0 Å². The maximum atomic E-state index is 12.4. The lowest BCUT2D eigenvalue weighted by Gasteiger charge is -2.75. The van der Waals surface area contributed by atoms with Crippen molar-refractivity contribution in [2.75, 3.05) is 0 Å². The summed E-state index contributed by atoms with van der Waals surface area (Å²) < 4.78 is 6.96. The van der Waals surface area contributed by atoms with E-state index in [1.54, 1.807) is 0 Å². The van der Waals surface area contributed by atoms with E-state index in [4.69, 9.17) is 4.74 Å². The quantitative estimate of drug-likeness (QED) is 0.359. The SMILES string of the molecule is CC(O)C1C(C)CC2(C)C(OC(O)C3CCC3)C3(C)C(C)C4CCC(C)C(C)C4C(O)C3C(C)C2(C)C1O. The first-order valence-corrected chi connectivity index (χ1v) is 16.0. The average Bonchev–Trinajstić information content (AvgIpc) is 2.79. The van der Waals surface area contributed by atoms with Gasteiger partial charge in [-0.3, -0.25) is 0 Å². The molecule has 0 bridgehead atoms. The van der Waals surface area contributed by atoms with Crippen LogP contribution < -0.4 is 0 Å². The summed E-state index contributed by atoms with van der Waals surface area (Å²) >= 11 is 0. The molecule has 5 nitrogen and oxygen atoms in total. The van der Waals surface area contributed by atoms with Crippen molar-refractivity contribution >= 4 is 0 Å². The predicted octanol–water partition coefficient (Wildman–Crippen LogP) is 5.48. The summed E-state index contributed by atoms with van der Waals surface area (Å²) in [6.07, 6.45) is 3.41. The topological polar surface area (TPSA) is 90.2 Å². The number of ether oxygens (including phenoxy) is 1. The molecule has 0 aromatic heterocycles. The van der Waals surface area contributed by atoms with Gasteiger partial charge in [-0.15, -0.1) is 0 Å². The Bertz CT molecular complexity index is 873. The first-order chi connectivity index (χ1) is 17.6. The fraction of sp³-hybridized carbons (Fsp3) is 1.00. The van der Waals surface area contributed by atoms with Crippen molar-refractivity contribution < 1.29 is 25.2 Å². The second-order valence-corrected chi connectivity index (χ2v) is 15.9. The Kier molecular flexibility index (Phi) is 7.46. The average molecular weight is 535 g/mol. The molecule has 0 aromatic carbocycles. The molecule has 5 saturated carbocycles.